The molecule has 0 fully saturated rings. The van der Waals surface area contributed by atoms with E-state index in [1.807, 2.05) is 0 Å². The van der Waals surface area contributed by atoms with Gasteiger partial charge in [0.15, 0.2) is 0 Å². The second-order valence-electron chi connectivity index (χ2n) is 3.84. The number of benzene rings is 1. The quantitative estimate of drug-likeness (QED) is 0.842. The molecule has 0 aliphatic rings. The first-order valence-corrected chi connectivity index (χ1v) is 5.46. The topological polar surface area (TPSA) is 12.0 Å². The average Bonchev–Trinajstić information content (AvgIpc) is 2.26. The molecule has 1 nitrogen and oxygen atoms in total. The van der Waals surface area contributed by atoms with Gasteiger partial charge in [0.05, 0.1) is 5.56 Å². The molecule has 1 rings (SSSR count). The van der Waals surface area contributed by atoms with Crippen LogP contribution in [0.3, 0.4) is 0 Å². The Balaban J connectivity index is 2.90. The van der Waals surface area contributed by atoms with E-state index in [2.05, 4.69) is 5.32 Å². The molecule has 1 N–H and O–H groups in total. The molecule has 0 bridgehead atoms. The zero-order valence-electron chi connectivity index (χ0n) is 9.53. The first kappa shape index (κ1) is 13.9. The van der Waals surface area contributed by atoms with Crippen LogP contribution in [0.25, 0.3) is 0 Å². The van der Waals surface area contributed by atoms with Crippen molar-refractivity contribution < 1.29 is 13.2 Å². The highest BCUT2D eigenvalue weighted by Gasteiger charge is 2.32. The van der Waals surface area contributed by atoms with Crippen LogP contribution in [0.2, 0.25) is 0 Å². The summed E-state index contributed by atoms with van der Waals surface area (Å²) in [5.41, 5.74) is 2.27. The zero-order chi connectivity index (χ0) is 13.1. The zero-order valence-corrected chi connectivity index (χ0v) is 10.3. The van der Waals surface area contributed by atoms with E-state index in [0.29, 0.717) is 12.2 Å². The first-order chi connectivity index (χ1) is 7.84. The highest BCUT2D eigenvalue weighted by molar-refractivity contribution is 6.25. The summed E-state index contributed by atoms with van der Waals surface area (Å²) < 4.78 is 37.9. The largest absolute Gasteiger partial charge is 0.416 e. The van der Waals surface area contributed by atoms with Gasteiger partial charge in [-0.15, -0.1) is 0 Å². The molecule has 0 radical (unpaired) electrons. The molecule has 0 atom stereocenters. The predicted octanol–water partition coefficient (Wildman–Crippen LogP) is 4.57. The smallest absolute Gasteiger partial charge is 0.381 e. The van der Waals surface area contributed by atoms with E-state index in [-0.39, 0.29) is 5.56 Å². The van der Waals surface area contributed by atoms with Gasteiger partial charge in [-0.25, -0.2) is 0 Å². The molecule has 1 aromatic carbocycles. The third kappa shape index (κ3) is 3.97. The van der Waals surface area contributed by atoms with Crippen molar-refractivity contribution >= 4 is 17.3 Å². The van der Waals surface area contributed by atoms with Crippen LogP contribution in [0.4, 0.5) is 18.9 Å². The molecule has 0 spiro atoms. The van der Waals surface area contributed by atoms with Crippen molar-refractivity contribution in [3.8, 4) is 0 Å². The lowest BCUT2D eigenvalue weighted by molar-refractivity contribution is -0.138. The summed E-state index contributed by atoms with van der Waals surface area (Å²) in [6.45, 7) is 3.65. The fraction of sp³-hybridized carbons (Fsp3) is 0.333. The number of anilines is 1. The molecule has 0 heterocycles. The van der Waals surface area contributed by atoms with Crippen molar-refractivity contribution in [2.45, 2.75) is 20.0 Å². The number of hydrogen-bond donors (Lipinski definition) is 1. The second-order valence-corrected chi connectivity index (χ2v) is 4.05. The number of rotatable bonds is 3. The Hall–Kier alpha value is -1.16. The third-order valence-electron chi connectivity index (χ3n) is 2.30. The Bertz CT molecular complexity index is 424. The van der Waals surface area contributed by atoms with E-state index in [9.17, 15) is 13.2 Å². The SMILES string of the molecule is C/C(=C/Cl)CNc1ccc(C)c(C(F)(F)F)c1. The Morgan fingerprint density at radius 3 is 2.59 bits per heavy atom. The second kappa shape index (κ2) is 5.45. The molecule has 0 saturated heterocycles. The molecule has 0 aliphatic heterocycles. The van der Waals surface area contributed by atoms with E-state index < -0.39 is 11.7 Å². The molecule has 17 heavy (non-hydrogen) atoms. The van der Waals surface area contributed by atoms with Gasteiger partial charge in [0.2, 0.25) is 0 Å². The van der Waals surface area contributed by atoms with E-state index in [1.54, 1.807) is 13.0 Å². The molecule has 0 saturated carbocycles. The van der Waals surface area contributed by atoms with E-state index in [1.165, 1.54) is 18.5 Å². The van der Waals surface area contributed by atoms with Crippen molar-refractivity contribution in [3.63, 3.8) is 0 Å². The van der Waals surface area contributed by atoms with Crippen LogP contribution in [0.15, 0.2) is 29.3 Å². The molecular weight excluding hydrogens is 251 g/mol. The standard InChI is InChI=1S/C12H13ClF3N/c1-8(6-13)7-17-10-4-3-9(2)11(5-10)12(14,15)16/h3-6,17H,7H2,1-2H3/b8-6-. The summed E-state index contributed by atoms with van der Waals surface area (Å²) in [6.07, 6.45) is -4.32. The normalized spacial score (nSPS) is 12.7. The van der Waals surface area contributed by atoms with E-state index in [4.69, 9.17) is 11.6 Å². The van der Waals surface area contributed by atoms with Crippen LogP contribution in [0.5, 0.6) is 0 Å². The Labute approximate surface area is 103 Å². The molecule has 5 heteroatoms. The minimum absolute atomic E-state index is 0.215. The van der Waals surface area contributed by atoms with Crippen molar-refractivity contribution in [1.29, 1.82) is 0 Å². The van der Waals surface area contributed by atoms with Crippen LogP contribution in [-0.2, 0) is 6.18 Å². The van der Waals surface area contributed by atoms with Crippen molar-refractivity contribution in [1.82, 2.24) is 0 Å². The van der Waals surface area contributed by atoms with Crippen LogP contribution >= 0.6 is 11.6 Å². The van der Waals surface area contributed by atoms with Gasteiger partial charge in [0.1, 0.15) is 0 Å². The molecule has 0 amide bonds. The van der Waals surface area contributed by atoms with Crippen LogP contribution in [0, 0.1) is 6.92 Å². The van der Waals surface area contributed by atoms with Gasteiger partial charge < -0.3 is 5.32 Å². The van der Waals surface area contributed by atoms with Crippen molar-refractivity contribution in [2.75, 3.05) is 11.9 Å². The lowest BCUT2D eigenvalue weighted by Gasteiger charge is -2.13. The maximum absolute atomic E-state index is 12.6. The Morgan fingerprint density at radius 2 is 2.06 bits per heavy atom. The fourth-order valence-corrected chi connectivity index (χ4v) is 1.39. The van der Waals surface area contributed by atoms with Gasteiger partial charge in [-0.3, -0.25) is 0 Å². The predicted molar refractivity (Wildman–Crippen MR) is 64.3 cm³/mol. The lowest BCUT2D eigenvalue weighted by atomic mass is 10.1. The summed E-state index contributed by atoms with van der Waals surface area (Å²) in [7, 11) is 0. The Morgan fingerprint density at radius 1 is 1.41 bits per heavy atom. The minimum Gasteiger partial charge on any atom is -0.381 e. The van der Waals surface area contributed by atoms with Crippen molar-refractivity contribution in [2.24, 2.45) is 0 Å². The maximum Gasteiger partial charge on any atom is 0.416 e. The van der Waals surface area contributed by atoms with Crippen molar-refractivity contribution in [3.05, 3.63) is 40.4 Å². The van der Waals surface area contributed by atoms with Crippen LogP contribution < -0.4 is 5.32 Å². The van der Waals surface area contributed by atoms with Crippen LogP contribution in [-0.4, -0.2) is 6.54 Å². The minimum atomic E-state index is -4.32. The first-order valence-electron chi connectivity index (χ1n) is 5.02. The lowest BCUT2D eigenvalue weighted by Crippen LogP contribution is -2.09. The highest BCUT2D eigenvalue weighted by Crippen LogP contribution is 2.33. The van der Waals surface area contributed by atoms with Gasteiger partial charge in [-0.05, 0) is 37.1 Å². The number of alkyl halides is 3. The number of aryl methyl sites for hydroxylation is 1. The van der Waals surface area contributed by atoms with E-state index in [0.717, 1.165) is 11.6 Å². The third-order valence-corrected chi connectivity index (χ3v) is 2.67. The van der Waals surface area contributed by atoms with Gasteiger partial charge >= 0.3 is 6.18 Å². The fourth-order valence-electron chi connectivity index (χ4n) is 1.32. The van der Waals surface area contributed by atoms with Gasteiger partial charge in [-0.2, -0.15) is 13.2 Å². The Kier molecular flexibility index (Phi) is 4.46. The average molecular weight is 264 g/mol. The molecule has 0 unspecified atom stereocenters. The molecule has 94 valence electrons. The van der Waals surface area contributed by atoms with Gasteiger partial charge in [0, 0.05) is 17.8 Å². The molecular formula is C12H13ClF3N. The summed E-state index contributed by atoms with van der Waals surface area (Å²) in [6, 6.07) is 4.17. The summed E-state index contributed by atoms with van der Waals surface area (Å²) in [5.74, 6) is 0. The monoisotopic (exact) mass is 263 g/mol. The summed E-state index contributed by atoms with van der Waals surface area (Å²) >= 11 is 5.47. The van der Waals surface area contributed by atoms with Crippen LogP contribution in [0.1, 0.15) is 18.1 Å². The highest BCUT2D eigenvalue weighted by atomic mass is 35.5. The molecule has 1 aromatic rings. The number of hydrogen-bond acceptors (Lipinski definition) is 1. The maximum atomic E-state index is 12.6. The number of nitrogens with one attached hydrogen (secondary N) is 1. The van der Waals surface area contributed by atoms with Gasteiger partial charge in [0.25, 0.3) is 0 Å². The number of halogens is 4. The van der Waals surface area contributed by atoms with E-state index >= 15 is 0 Å². The summed E-state index contributed by atoms with van der Waals surface area (Å²) in [5, 5.41) is 2.88. The summed E-state index contributed by atoms with van der Waals surface area (Å²) in [4.78, 5) is 0. The molecule has 0 aromatic heterocycles. The molecule has 0 aliphatic carbocycles. The van der Waals surface area contributed by atoms with Gasteiger partial charge in [-0.1, -0.05) is 17.7 Å².